The van der Waals surface area contributed by atoms with E-state index in [4.69, 9.17) is 4.74 Å². The third kappa shape index (κ3) is 3.69. The number of benzene rings is 1. The zero-order valence-electron chi connectivity index (χ0n) is 14.0. The van der Waals surface area contributed by atoms with Gasteiger partial charge in [-0.2, -0.15) is 0 Å². The predicted octanol–water partition coefficient (Wildman–Crippen LogP) is 1.92. The molecule has 1 atom stereocenters. The molecular weight excluding hydrogens is 338 g/mol. The van der Waals surface area contributed by atoms with Crippen LogP contribution in [-0.4, -0.2) is 51.1 Å². The van der Waals surface area contributed by atoms with Crippen molar-refractivity contribution < 1.29 is 9.53 Å². The summed E-state index contributed by atoms with van der Waals surface area (Å²) in [4.78, 5) is 14.6. The number of ether oxygens (including phenoxy) is 1. The number of thioether (sulfide) groups is 1. The first-order valence-electron chi connectivity index (χ1n) is 8.70. The second-order valence-electron chi connectivity index (χ2n) is 6.34. The van der Waals surface area contributed by atoms with Gasteiger partial charge in [0, 0.05) is 18.8 Å². The van der Waals surface area contributed by atoms with E-state index in [2.05, 4.69) is 21.6 Å². The van der Waals surface area contributed by atoms with E-state index in [9.17, 15) is 4.79 Å². The van der Waals surface area contributed by atoms with Crippen LogP contribution in [0.15, 0.2) is 29.4 Å². The monoisotopic (exact) mass is 359 g/mol. The molecule has 2 aromatic rings. The highest BCUT2D eigenvalue weighted by Gasteiger charge is 2.23. The Kier molecular flexibility index (Phi) is 4.98. The van der Waals surface area contributed by atoms with E-state index in [1.54, 1.807) is 4.68 Å². The van der Waals surface area contributed by atoms with Crippen LogP contribution in [0, 0.1) is 0 Å². The van der Waals surface area contributed by atoms with Gasteiger partial charge in [-0.05, 0) is 47.7 Å². The highest BCUT2D eigenvalue weighted by atomic mass is 32.2. The summed E-state index contributed by atoms with van der Waals surface area (Å²) in [6, 6.07) is 8.14. The number of hydrogen-bond donors (Lipinski definition) is 0. The Labute approximate surface area is 150 Å². The Morgan fingerprint density at radius 1 is 1.32 bits per heavy atom. The van der Waals surface area contributed by atoms with Crippen LogP contribution in [-0.2, 0) is 22.5 Å². The molecule has 25 heavy (non-hydrogen) atoms. The van der Waals surface area contributed by atoms with E-state index in [0.29, 0.717) is 17.5 Å². The largest absolute Gasteiger partial charge is 0.376 e. The smallest absolute Gasteiger partial charge is 0.237 e. The van der Waals surface area contributed by atoms with Crippen molar-refractivity contribution in [1.29, 1.82) is 0 Å². The number of amides is 1. The van der Waals surface area contributed by atoms with Gasteiger partial charge in [-0.25, -0.2) is 4.68 Å². The average molecular weight is 359 g/mol. The minimum atomic E-state index is 0.101. The maximum atomic E-state index is 12.7. The third-order valence-corrected chi connectivity index (χ3v) is 5.58. The van der Waals surface area contributed by atoms with Gasteiger partial charge < -0.3 is 9.64 Å². The third-order valence-electron chi connectivity index (χ3n) is 4.64. The molecule has 1 saturated heterocycles. The second kappa shape index (κ2) is 7.53. The molecule has 0 saturated carbocycles. The summed E-state index contributed by atoms with van der Waals surface area (Å²) in [5.74, 6) is 0.434. The van der Waals surface area contributed by atoms with Gasteiger partial charge in [-0.1, -0.05) is 30.0 Å². The second-order valence-corrected chi connectivity index (χ2v) is 7.29. The number of tetrazole rings is 1. The Balaban J connectivity index is 1.39. The van der Waals surface area contributed by atoms with Gasteiger partial charge in [0.15, 0.2) is 0 Å². The predicted molar refractivity (Wildman–Crippen MR) is 94.6 cm³/mol. The van der Waals surface area contributed by atoms with E-state index >= 15 is 0 Å². The first kappa shape index (κ1) is 16.5. The summed E-state index contributed by atoms with van der Waals surface area (Å²) >= 11 is 1.39. The molecule has 1 amide bonds. The lowest BCUT2D eigenvalue weighted by Gasteiger charge is -2.29. The molecule has 1 aromatic carbocycles. The lowest BCUT2D eigenvalue weighted by atomic mass is 10.0. The number of fused-ring (bicyclic) bond motifs is 1. The van der Waals surface area contributed by atoms with Gasteiger partial charge in [0.05, 0.1) is 18.4 Å². The van der Waals surface area contributed by atoms with Gasteiger partial charge in [0.1, 0.15) is 0 Å². The SMILES string of the molecule is O=C(CSc1nnnn1C[C@@H]1CCCO1)N1CCCc2ccccc21. The Morgan fingerprint density at radius 3 is 3.12 bits per heavy atom. The summed E-state index contributed by atoms with van der Waals surface area (Å²) in [5.41, 5.74) is 2.29. The maximum Gasteiger partial charge on any atom is 0.237 e. The number of hydrogen-bond acceptors (Lipinski definition) is 6. The number of aryl methyl sites for hydroxylation is 1. The van der Waals surface area contributed by atoms with Gasteiger partial charge in [-0.15, -0.1) is 5.10 Å². The van der Waals surface area contributed by atoms with Crippen LogP contribution in [0.2, 0.25) is 0 Å². The summed E-state index contributed by atoms with van der Waals surface area (Å²) < 4.78 is 7.39. The van der Waals surface area contributed by atoms with Crippen molar-refractivity contribution in [3.05, 3.63) is 29.8 Å². The maximum absolute atomic E-state index is 12.7. The molecule has 2 aliphatic rings. The molecular formula is C17H21N5O2S. The fraction of sp³-hybridized carbons (Fsp3) is 0.529. The molecule has 1 fully saturated rings. The van der Waals surface area contributed by atoms with Crippen LogP contribution in [0.25, 0.3) is 0 Å². The zero-order chi connectivity index (χ0) is 17.1. The van der Waals surface area contributed by atoms with Crippen molar-refractivity contribution in [3.63, 3.8) is 0 Å². The van der Waals surface area contributed by atoms with Crippen LogP contribution in [0.4, 0.5) is 5.69 Å². The minimum Gasteiger partial charge on any atom is -0.376 e. The lowest BCUT2D eigenvalue weighted by Crippen LogP contribution is -2.36. The molecule has 4 rings (SSSR count). The first-order valence-corrected chi connectivity index (χ1v) is 9.68. The highest BCUT2D eigenvalue weighted by molar-refractivity contribution is 7.99. The summed E-state index contributed by atoms with van der Waals surface area (Å²) in [6.07, 6.45) is 4.33. The molecule has 132 valence electrons. The van der Waals surface area contributed by atoms with E-state index < -0.39 is 0 Å². The van der Waals surface area contributed by atoms with Crippen molar-refractivity contribution in [2.75, 3.05) is 23.8 Å². The molecule has 1 aromatic heterocycles. The molecule has 0 unspecified atom stereocenters. The van der Waals surface area contributed by atoms with Crippen LogP contribution in [0.1, 0.15) is 24.8 Å². The van der Waals surface area contributed by atoms with Crippen molar-refractivity contribution in [2.24, 2.45) is 0 Å². The van der Waals surface area contributed by atoms with Crippen molar-refractivity contribution in [3.8, 4) is 0 Å². The summed E-state index contributed by atoms with van der Waals surface area (Å²) in [6.45, 7) is 2.23. The number of para-hydroxylation sites is 1. The van der Waals surface area contributed by atoms with Gasteiger partial charge in [0.25, 0.3) is 0 Å². The van der Waals surface area contributed by atoms with Gasteiger partial charge >= 0.3 is 0 Å². The normalized spacial score (nSPS) is 19.8. The summed E-state index contributed by atoms with van der Waals surface area (Å²) in [5, 5.41) is 12.5. The molecule has 0 radical (unpaired) electrons. The number of nitrogens with zero attached hydrogens (tertiary/aromatic N) is 5. The van der Waals surface area contributed by atoms with Crippen LogP contribution in [0.5, 0.6) is 0 Å². The fourth-order valence-electron chi connectivity index (χ4n) is 3.39. The molecule has 0 N–H and O–H groups in total. The topological polar surface area (TPSA) is 73.1 Å². The number of carbonyl (C=O) groups is 1. The van der Waals surface area contributed by atoms with E-state index in [0.717, 1.165) is 44.5 Å². The van der Waals surface area contributed by atoms with Crippen molar-refractivity contribution >= 4 is 23.4 Å². The fourth-order valence-corrected chi connectivity index (χ4v) is 4.16. The van der Waals surface area contributed by atoms with Crippen molar-refractivity contribution in [2.45, 2.75) is 43.5 Å². The average Bonchev–Trinajstić information content (AvgIpc) is 3.31. The van der Waals surface area contributed by atoms with Crippen molar-refractivity contribution in [1.82, 2.24) is 20.2 Å². The van der Waals surface area contributed by atoms with Gasteiger partial charge in [0.2, 0.25) is 11.1 Å². The minimum absolute atomic E-state index is 0.101. The molecule has 7 nitrogen and oxygen atoms in total. The van der Waals surface area contributed by atoms with Crippen LogP contribution in [0.3, 0.4) is 0 Å². The van der Waals surface area contributed by atoms with E-state index in [-0.39, 0.29) is 12.0 Å². The molecule has 8 heteroatoms. The quantitative estimate of drug-likeness (QED) is 0.760. The Hall–Kier alpha value is -1.93. The van der Waals surface area contributed by atoms with Crippen LogP contribution >= 0.6 is 11.8 Å². The molecule has 2 aliphatic heterocycles. The number of anilines is 1. The number of carbonyl (C=O) groups excluding carboxylic acids is 1. The Morgan fingerprint density at radius 2 is 2.24 bits per heavy atom. The van der Waals surface area contributed by atoms with Gasteiger partial charge in [-0.3, -0.25) is 4.79 Å². The zero-order valence-corrected chi connectivity index (χ0v) is 14.8. The summed E-state index contributed by atoms with van der Waals surface area (Å²) in [7, 11) is 0. The molecule has 3 heterocycles. The van der Waals surface area contributed by atoms with E-state index in [1.807, 2.05) is 23.1 Å². The molecule has 0 bridgehead atoms. The number of aromatic nitrogens is 4. The first-order chi connectivity index (χ1) is 12.3. The standard InChI is InChI=1S/C17H21N5O2S/c23-16(21-9-3-6-13-5-1-2-8-15(13)21)12-25-17-18-19-20-22(17)11-14-7-4-10-24-14/h1-2,5,8,14H,3-4,6-7,9-12H2/t14-/m0/s1. The Bertz CT molecular complexity index is 744. The number of rotatable bonds is 5. The lowest BCUT2D eigenvalue weighted by molar-refractivity contribution is -0.116. The van der Waals surface area contributed by atoms with E-state index in [1.165, 1.54) is 17.3 Å². The molecule has 0 aliphatic carbocycles. The molecule has 0 spiro atoms. The van der Waals surface area contributed by atoms with Crippen LogP contribution < -0.4 is 4.90 Å². The highest BCUT2D eigenvalue weighted by Crippen LogP contribution is 2.28.